The highest BCUT2D eigenvalue weighted by Crippen LogP contribution is 2.14. The lowest BCUT2D eigenvalue weighted by atomic mass is 10.2. The van der Waals surface area contributed by atoms with Crippen LogP contribution in [0.15, 0.2) is 24.3 Å². The van der Waals surface area contributed by atoms with E-state index in [1.807, 2.05) is 18.2 Å². The third-order valence-electron chi connectivity index (χ3n) is 3.26. The van der Waals surface area contributed by atoms with E-state index in [0.29, 0.717) is 6.04 Å². The predicted molar refractivity (Wildman–Crippen MR) is 75.5 cm³/mol. The van der Waals surface area contributed by atoms with E-state index in [-0.39, 0.29) is 0 Å². The molecule has 1 aromatic carbocycles. The van der Waals surface area contributed by atoms with E-state index in [2.05, 4.69) is 37.2 Å². The summed E-state index contributed by atoms with van der Waals surface area (Å²) in [5.41, 5.74) is 1.17. The maximum atomic E-state index is 6.09. The Morgan fingerprint density at radius 2 is 2.06 bits per heavy atom. The molecule has 1 atom stereocenters. The molecular formula is C14H23ClN2. The zero-order valence-corrected chi connectivity index (χ0v) is 11.8. The Morgan fingerprint density at radius 1 is 1.35 bits per heavy atom. The van der Waals surface area contributed by atoms with Crippen LogP contribution in [0.25, 0.3) is 0 Å². The molecule has 0 heterocycles. The average Bonchev–Trinajstić information content (AvgIpc) is 2.35. The van der Waals surface area contributed by atoms with E-state index in [4.69, 9.17) is 11.6 Å². The maximum absolute atomic E-state index is 6.09. The van der Waals surface area contributed by atoms with Gasteiger partial charge < -0.3 is 10.2 Å². The number of halogens is 1. The quantitative estimate of drug-likeness (QED) is 0.752. The van der Waals surface area contributed by atoms with Crippen LogP contribution in [0.5, 0.6) is 0 Å². The Kier molecular flexibility index (Phi) is 6.56. The lowest BCUT2D eigenvalue weighted by Gasteiger charge is -2.23. The summed E-state index contributed by atoms with van der Waals surface area (Å²) in [5, 5.41) is 4.27. The summed E-state index contributed by atoms with van der Waals surface area (Å²) in [6.07, 6.45) is 1.20. The number of benzene rings is 1. The van der Waals surface area contributed by atoms with E-state index in [9.17, 15) is 0 Å². The van der Waals surface area contributed by atoms with Crippen LogP contribution in [0.1, 0.15) is 25.8 Å². The zero-order valence-electron chi connectivity index (χ0n) is 11.0. The van der Waals surface area contributed by atoms with Crippen LogP contribution in [-0.4, -0.2) is 31.1 Å². The van der Waals surface area contributed by atoms with Crippen molar-refractivity contribution in [3.05, 3.63) is 34.9 Å². The zero-order chi connectivity index (χ0) is 12.7. The van der Waals surface area contributed by atoms with E-state index >= 15 is 0 Å². The van der Waals surface area contributed by atoms with Gasteiger partial charge in [-0.25, -0.2) is 0 Å². The van der Waals surface area contributed by atoms with Gasteiger partial charge in [0.1, 0.15) is 0 Å². The van der Waals surface area contributed by atoms with E-state index < -0.39 is 0 Å². The topological polar surface area (TPSA) is 15.3 Å². The second kappa shape index (κ2) is 7.70. The van der Waals surface area contributed by atoms with Crippen molar-refractivity contribution in [3.63, 3.8) is 0 Å². The molecule has 0 saturated heterocycles. The van der Waals surface area contributed by atoms with Gasteiger partial charge in [0.15, 0.2) is 0 Å². The molecule has 0 aliphatic rings. The molecule has 0 aromatic heterocycles. The molecule has 0 radical (unpaired) electrons. The number of rotatable bonds is 7. The van der Waals surface area contributed by atoms with Crippen LogP contribution in [0.3, 0.4) is 0 Å². The minimum atomic E-state index is 0.650. The Bertz CT molecular complexity index is 328. The Morgan fingerprint density at radius 3 is 2.71 bits per heavy atom. The largest absolute Gasteiger partial charge is 0.311 e. The highest BCUT2D eigenvalue weighted by molar-refractivity contribution is 6.31. The van der Waals surface area contributed by atoms with Crippen LogP contribution in [0.2, 0.25) is 5.02 Å². The van der Waals surface area contributed by atoms with Crippen LogP contribution in [0, 0.1) is 0 Å². The minimum absolute atomic E-state index is 0.650. The third-order valence-corrected chi connectivity index (χ3v) is 3.63. The first-order valence-electron chi connectivity index (χ1n) is 6.29. The van der Waals surface area contributed by atoms with Gasteiger partial charge in [0.2, 0.25) is 0 Å². The molecular weight excluding hydrogens is 232 g/mol. The molecule has 0 saturated carbocycles. The summed E-state index contributed by atoms with van der Waals surface area (Å²) >= 11 is 6.09. The third kappa shape index (κ3) is 5.07. The summed E-state index contributed by atoms with van der Waals surface area (Å²) in [6, 6.07) is 8.63. The van der Waals surface area contributed by atoms with Crippen LogP contribution >= 0.6 is 11.6 Å². The van der Waals surface area contributed by atoms with Gasteiger partial charge in [-0.3, -0.25) is 0 Å². The number of likely N-dealkylation sites (N-methyl/N-ethyl adjacent to an activating group) is 1. The molecule has 1 N–H and O–H groups in total. The second-order valence-corrected chi connectivity index (χ2v) is 4.91. The van der Waals surface area contributed by atoms with Gasteiger partial charge in [-0.1, -0.05) is 36.7 Å². The minimum Gasteiger partial charge on any atom is -0.311 e. The molecule has 0 aliphatic carbocycles. The maximum Gasteiger partial charge on any atom is 0.0450 e. The Balaban J connectivity index is 2.23. The van der Waals surface area contributed by atoms with Gasteiger partial charge in [-0.2, -0.15) is 0 Å². The molecule has 0 spiro atoms. The van der Waals surface area contributed by atoms with E-state index in [1.54, 1.807) is 0 Å². The van der Waals surface area contributed by atoms with Crippen LogP contribution < -0.4 is 5.32 Å². The van der Waals surface area contributed by atoms with Crippen LogP contribution in [0.4, 0.5) is 0 Å². The smallest absolute Gasteiger partial charge is 0.0450 e. The molecule has 0 fully saturated rings. The van der Waals surface area contributed by atoms with Crippen LogP contribution in [-0.2, 0) is 6.54 Å². The summed E-state index contributed by atoms with van der Waals surface area (Å²) in [5.74, 6) is 0. The lowest BCUT2D eigenvalue weighted by Crippen LogP contribution is -2.34. The fourth-order valence-corrected chi connectivity index (χ4v) is 1.85. The van der Waals surface area contributed by atoms with Crippen molar-refractivity contribution in [2.24, 2.45) is 0 Å². The summed E-state index contributed by atoms with van der Waals surface area (Å²) < 4.78 is 0. The van der Waals surface area contributed by atoms with Crippen molar-refractivity contribution in [3.8, 4) is 0 Å². The Labute approximate surface area is 110 Å². The van der Waals surface area contributed by atoms with Gasteiger partial charge in [0.05, 0.1) is 0 Å². The average molecular weight is 255 g/mol. The molecule has 17 heavy (non-hydrogen) atoms. The normalized spacial score (nSPS) is 13.0. The molecule has 2 nitrogen and oxygen atoms in total. The predicted octanol–water partition coefficient (Wildman–Crippen LogP) is 3.16. The fourth-order valence-electron chi connectivity index (χ4n) is 1.65. The second-order valence-electron chi connectivity index (χ2n) is 4.51. The number of hydrogen-bond donors (Lipinski definition) is 1. The molecule has 1 aromatic rings. The molecule has 0 bridgehead atoms. The SMILES string of the molecule is CCC(C)N(C)CCNCc1ccccc1Cl. The Hall–Kier alpha value is -0.570. The van der Waals surface area contributed by atoms with Crippen molar-refractivity contribution >= 4 is 11.6 Å². The van der Waals surface area contributed by atoms with Crippen molar-refractivity contribution in [1.82, 2.24) is 10.2 Å². The van der Waals surface area contributed by atoms with Gasteiger partial charge in [-0.15, -0.1) is 0 Å². The molecule has 96 valence electrons. The number of nitrogens with one attached hydrogen (secondary N) is 1. The van der Waals surface area contributed by atoms with Gasteiger partial charge in [0.25, 0.3) is 0 Å². The highest BCUT2D eigenvalue weighted by Gasteiger charge is 2.05. The molecule has 3 heteroatoms. The van der Waals surface area contributed by atoms with Crippen molar-refractivity contribution in [1.29, 1.82) is 0 Å². The van der Waals surface area contributed by atoms with Crippen molar-refractivity contribution < 1.29 is 0 Å². The monoisotopic (exact) mass is 254 g/mol. The summed E-state index contributed by atoms with van der Waals surface area (Å²) in [7, 11) is 2.17. The van der Waals surface area contributed by atoms with E-state index in [0.717, 1.165) is 24.7 Å². The summed E-state index contributed by atoms with van der Waals surface area (Å²) in [6.45, 7) is 7.38. The van der Waals surface area contributed by atoms with Crippen molar-refractivity contribution in [2.45, 2.75) is 32.9 Å². The highest BCUT2D eigenvalue weighted by atomic mass is 35.5. The number of hydrogen-bond acceptors (Lipinski definition) is 2. The fraction of sp³-hybridized carbons (Fsp3) is 0.571. The van der Waals surface area contributed by atoms with Gasteiger partial charge in [-0.05, 0) is 32.0 Å². The standard InChI is InChI=1S/C14H23ClN2/c1-4-12(2)17(3)10-9-16-11-13-7-5-6-8-14(13)15/h5-8,12,16H,4,9-11H2,1-3H3. The first-order chi connectivity index (χ1) is 8.15. The molecule has 1 unspecified atom stereocenters. The summed E-state index contributed by atoms with van der Waals surface area (Å²) in [4.78, 5) is 2.37. The number of nitrogens with zero attached hydrogens (tertiary/aromatic N) is 1. The lowest BCUT2D eigenvalue weighted by molar-refractivity contribution is 0.252. The van der Waals surface area contributed by atoms with Gasteiger partial charge >= 0.3 is 0 Å². The molecule has 1 rings (SSSR count). The molecule has 0 amide bonds. The molecule has 0 aliphatic heterocycles. The van der Waals surface area contributed by atoms with E-state index in [1.165, 1.54) is 12.0 Å². The van der Waals surface area contributed by atoms with Gasteiger partial charge in [0, 0.05) is 30.7 Å². The van der Waals surface area contributed by atoms with Crippen molar-refractivity contribution in [2.75, 3.05) is 20.1 Å². The first kappa shape index (κ1) is 14.5. The first-order valence-corrected chi connectivity index (χ1v) is 6.67.